The van der Waals surface area contributed by atoms with E-state index in [-0.39, 0.29) is 52.3 Å². The van der Waals surface area contributed by atoms with Gasteiger partial charge < -0.3 is 25.0 Å². The number of carbonyl (C=O) groups is 2. The summed E-state index contributed by atoms with van der Waals surface area (Å²) in [6.07, 6.45) is -1.55. The van der Waals surface area contributed by atoms with Crippen molar-refractivity contribution in [1.82, 2.24) is 25.2 Å². The van der Waals surface area contributed by atoms with Gasteiger partial charge in [-0.2, -0.15) is 18.2 Å². The van der Waals surface area contributed by atoms with Crippen molar-refractivity contribution in [2.24, 2.45) is 5.41 Å². The van der Waals surface area contributed by atoms with Crippen LogP contribution in [0.4, 0.5) is 29.2 Å². The normalized spacial score (nSPS) is 21.1. The van der Waals surface area contributed by atoms with E-state index < -0.39 is 35.3 Å². The monoisotopic (exact) mass is 630 g/mol. The van der Waals surface area contributed by atoms with E-state index in [1.54, 1.807) is 6.07 Å². The van der Waals surface area contributed by atoms with Gasteiger partial charge in [-0.05, 0) is 50.6 Å². The second-order valence-electron chi connectivity index (χ2n) is 11.4. The largest absolute Gasteiger partial charge is 0.495 e. The predicted octanol–water partition coefficient (Wildman–Crippen LogP) is 4.91. The van der Waals surface area contributed by atoms with Crippen LogP contribution in [-0.2, 0) is 17.6 Å². The van der Waals surface area contributed by atoms with Gasteiger partial charge in [0.1, 0.15) is 22.9 Å². The first kappa shape index (κ1) is 30.5. The van der Waals surface area contributed by atoms with Crippen molar-refractivity contribution in [1.29, 1.82) is 0 Å². The average Bonchev–Trinajstić information content (AvgIpc) is 3.50. The molecule has 11 nitrogen and oxygen atoms in total. The second kappa shape index (κ2) is 11.5. The highest BCUT2D eigenvalue weighted by molar-refractivity contribution is 6.00. The van der Waals surface area contributed by atoms with Crippen molar-refractivity contribution in [3.8, 4) is 17.4 Å². The average molecular weight is 631 g/mol. The summed E-state index contributed by atoms with van der Waals surface area (Å²) in [5, 5.41) is 6.62. The number of ether oxygens (including phenoxy) is 2. The fourth-order valence-electron chi connectivity index (χ4n) is 6.09. The number of hydrogen-bond acceptors (Lipinski definition) is 9. The summed E-state index contributed by atoms with van der Waals surface area (Å²) in [7, 11) is 4.63. The van der Waals surface area contributed by atoms with Crippen molar-refractivity contribution in [3.63, 3.8) is 0 Å². The summed E-state index contributed by atoms with van der Waals surface area (Å²) in [5.41, 5.74) is -1.06. The van der Waals surface area contributed by atoms with Crippen LogP contribution in [-0.4, -0.2) is 72.1 Å². The number of rotatable bonds is 8. The number of aromatic nitrogens is 2. The Balaban J connectivity index is 1.25. The molecular weight excluding hydrogens is 600 g/mol. The highest BCUT2D eigenvalue weighted by atomic mass is 19.4. The molecule has 0 radical (unpaired) electrons. The molecule has 45 heavy (non-hydrogen) atoms. The molecule has 0 unspecified atom stereocenters. The molecule has 3 aromatic rings. The molecule has 3 aliphatic rings. The van der Waals surface area contributed by atoms with Crippen LogP contribution in [0.25, 0.3) is 0 Å². The summed E-state index contributed by atoms with van der Waals surface area (Å²) >= 11 is 0. The Bertz CT molecular complexity index is 1670. The van der Waals surface area contributed by atoms with Crippen LogP contribution in [0.3, 0.4) is 0 Å². The van der Waals surface area contributed by atoms with Crippen LogP contribution in [0.2, 0.25) is 0 Å². The highest BCUT2D eigenvalue weighted by Gasteiger charge is 2.56. The first-order valence-electron chi connectivity index (χ1n) is 14.2. The molecule has 1 saturated heterocycles. The number of piperidine rings is 1. The lowest BCUT2D eigenvalue weighted by Crippen LogP contribution is -2.39. The molecule has 238 valence electrons. The Morgan fingerprint density at radius 2 is 1.98 bits per heavy atom. The molecule has 6 rings (SSSR count). The molecule has 2 fully saturated rings. The molecule has 2 amide bonds. The van der Waals surface area contributed by atoms with E-state index >= 15 is 4.39 Å². The fraction of sp³-hybridized carbons (Fsp3) is 0.400. The van der Waals surface area contributed by atoms with E-state index in [1.807, 2.05) is 7.05 Å². The third kappa shape index (κ3) is 5.84. The minimum absolute atomic E-state index is 0.000686. The summed E-state index contributed by atoms with van der Waals surface area (Å²) < 4.78 is 67.9. The summed E-state index contributed by atoms with van der Waals surface area (Å²) in [4.78, 5) is 40.7. The number of alkyl halides is 3. The van der Waals surface area contributed by atoms with Crippen molar-refractivity contribution in [2.75, 3.05) is 39.7 Å². The minimum Gasteiger partial charge on any atom is -0.495 e. The van der Waals surface area contributed by atoms with Gasteiger partial charge >= 0.3 is 6.18 Å². The van der Waals surface area contributed by atoms with Gasteiger partial charge in [-0.25, -0.2) is 14.4 Å². The number of methoxy groups -OCH3 is 1. The molecule has 1 aliphatic carbocycles. The van der Waals surface area contributed by atoms with Gasteiger partial charge in [-0.3, -0.25) is 14.4 Å². The van der Waals surface area contributed by atoms with Crippen LogP contribution in [0, 0.1) is 11.2 Å². The first-order valence-corrected chi connectivity index (χ1v) is 14.2. The van der Waals surface area contributed by atoms with E-state index in [2.05, 4.69) is 25.5 Å². The standard InChI is InChI=1S/C30H30F4N6O5/c1-39-9-5-8-29(15-39)12-23(29)37-25(41)17-10-22(43-2)20(11-19(17)31)36-28-35-13-18(30(32,33)34)26(38-28)45-21-7-4-6-16-14-40(44-3)27(42)24(16)21/h4,6-7,10-11,13,23H,5,8-9,12,14-15H2,1-3H3,(H,37,41)(H,35,36,38)/t23-,29-/m1/s1. The van der Waals surface area contributed by atoms with E-state index in [0.29, 0.717) is 11.8 Å². The van der Waals surface area contributed by atoms with Gasteiger partial charge in [-0.15, -0.1) is 0 Å². The molecular formula is C30H30F4N6O5. The molecule has 2 atom stereocenters. The number of likely N-dealkylation sites (tertiary alicyclic amines) is 1. The number of nitrogens with one attached hydrogen (secondary N) is 2. The second-order valence-corrected chi connectivity index (χ2v) is 11.4. The van der Waals surface area contributed by atoms with Crippen LogP contribution in [0.5, 0.6) is 17.4 Å². The van der Waals surface area contributed by atoms with Gasteiger partial charge in [0.2, 0.25) is 11.8 Å². The third-order valence-corrected chi connectivity index (χ3v) is 8.43. The Morgan fingerprint density at radius 3 is 2.69 bits per heavy atom. The van der Waals surface area contributed by atoms with Crippen LogP contribution in [0.15, 0.2) is 36.5 Å². The van der Waals surface area contributed by atoms with Gasteiger partial charge in [-0.1, -0.05) is 12.1 Å². The number of anilines is 2. The lowest BCUT2D eigenvalue weighted by molar-refractivity contribution is -0.139. The van der Waals surface area contributed by atoms with E-state index in [0.717, 1.165) is 43.5 Å². The van der Waals surface area contributed by atoms with Gasteiger partial charge in [0.05, 0.1) is 37.6 Å². The number of fused-ring (bicyclic) bond motifs is 1. The van der Waals surface area contributed by atoms with Gasteiger partial charge in [0, 0.05) is 30.3 Å². The molecule has 1 spiro atoms. The SMILES string of the molecule is COc1cc(C(=O)N[C@@H]2C[C@@]23CCCN(C)C3)c(F)cc1Nc1ncc(C(F)(F)F)c(Oc2cccc3c2C(=O)N(OC)C3)n1. The smallest absolute Gasteiger partial charge is 0.423 e. The maximum atomic E-state index is 15.3. The van der Waals surface area contributed by atoms with Crippen molar-refractivity contribution in [3.05, 3.63) is 64.6 Å². The lowest BCUT2D eigenvalue weighted by atomic mass is 9.94. The fourth-order valence-corrected chi connectivity index (χ4v) is 6.09. The summed E-state index contributed by atoms with van der Waals surface area (Å²) in [5.74, 6) is -3.46. The third-order valence-electron chi connectivity index (χ3n) is 8.43. The molecule has 0 bridgehead atoms. The van der Waals surface area contributed by atoms with Crippen LogP contribution >= 0.6 is 0 Å². The van der Waals surface area contributed by atoms with Crippen LogP contribution in [0.1, 0.15) is 51.1 Å². The van der Waals surface area contributed by atoms with Crippen molar-refractivity contribution >= 4 is 23.5 Å². The number of hydroxylamine groups is 2. The molecule has 1 saturated carbocycles. The number of benzene rings is 2. The number of halogens is 4. The Labute approximate surface area is 255 Å². The van der Waals surface area contributed by atoms with E-state index in [9.17, 15) is 22.8 Å². The van der Waals surface area contributed by atoms with Crippen molar-refractivity contribution < 1.29 is 41.5 Å². The summed E-state index contributed by atoms with van der Waals surface area (Å²) in [6.45, 7) is 1.95. The first-order chi connectivity index (χ1) is 21.4. The van der Waals surface area contributed by atoms with Gasteiger partial charge in [0.15, 0.2) is 0 Å². The maximum Gasteiger partial charge on any atom is 0.423 e. The molecule has 2 N–H and O–H groups in total. The Hall–Kier alpha value is -4.50. The van der Waals surface area contributed by atoms with Crippen LogP contribution < -0.4 is 20.1 Å². The zero-order chi connectivity index (χ0) is 32.1. The predicted molar refractivity (Wildman–Crippen MR) is 152 cm³/mol. The molecule has 2 aliphatic heterocycles. The molecule has 15 heteroatoms. The van der Waals surface area contributed by atoms with Crippen molar-refractivity contribution in [2.45, 2.75) is 38.0 Å². The zero-order valence-electron chi connectivity index (χ0n) is 24.6. The minimum atomic E-state index is -4.90. The Morgan fingerprint density at radius 1 is 1.18 bits per heavy atom. The Kier molecular flexibility index (Phi) is 7.77. The number of hydrogen-bond donors (Lipinski definition) is 2. The topological polar surface area (TPSA) is 118 Å². The maximum absolute atomic E-state index is 15.3. The quantitative estimate of drug-likeness (QED) is 0.335. The van der Waals surface area contributed by atoms with E-state index in [4.69, 9.17) is 14.3 Å². The van der Waals surface area contributed by atoms with E-state index in [1.165, 1.54) is 32.4 Å². The molecule has 2 aromatic carbocycles. The molecule has 3 heterocycles. The number of amides is 2. The number of carbonyl (C=O) groups excluding carboxylic acids is 2. The molecule has 1 aromatic heterocycles. The zero-order valence-corrected chi connectivity index (χ0v) is 24.6. The highest BCUT2D eigenvalue weighted by Crippen LogP contribution is 2.52. The summed E-state index contributed by atoms with van der Waals surface area (Å²) in [6, 6.07) is 6.61. The number of nitrogens with zero attached hydrogens (tertiary/aromatic N) is 4. The van der Waals surface area contributed by atoms with Gasteiger partial charge in [0.25, 0.3) is 11.8 Å². The lowest BCUT2D eigenvalue weighted by Gasteiger charge is -2.30.